The van der Waals surface area contributed by atoms with Crippen LogP contribution in [0, 0.1) is 22.7 Å². The zero-order valence-corrected chi connectivity index (χ0v) is 19.8. The fraction of sp³-hybridized carbons (Fsp3) is 0.833. The molecule has 0 aromatic heterocycles. The van der Waals surface area contributed by atoms with Crippen molar-refractivity contribution in [3.05, 3.63) is 0 Å². The van der Waals surface area contributed by atoms with Crippen molar-refractivity contribution in [1.29, 1.82) is 0 Å². The first-order valence-corrected chi connectivity index (χ1v) is 11.2. The van der Waals surface area contributed by atoms with Crippen molar-refractivity contribution in [3.63, 3.8) is 0 Å². The van der Waals surface area contributed by atoms with E-state index in [9.17, 15) is 19.2 Å². The summed E-state index contributed by atoms with van der Waals surface area (Å²) in [6.07, 6.45) is 2.05. The highest BCUT2D eigenvalue weighted by atomic mass is 16.6. The highest BCUT2D eigenvalue weighted by molar-refractivity contribution is 5.90. The third kappa shape index (κ3) is 3.83. The van der Waals surface area contributed by atoms with Gasteiger partial charge >= 0.3 is 11.9 Å². The van der Waals surface area contributed by atoms with Crippen molar-refractivity contribution in [2.24, 2.45) is 22.7 Å². The Bertz CT molecular complexity index is 802. The van der Waals surface area contributed by atoms with Crippen LogP contribution in [0.1, 0.15) is 80.6 Å². The lowest BCUT2D eigenvalue weighted by Gasteiger charge is -2.64. The lowest BCUT2D eigenvalue weighted by molar-refractivity contribution is -0.271. The summed E-state index contributed by atoms with van der Waals surface area (Å²) in [7, 11) is 0. The van der Waals surface area contributed by atoms with Crippen LogP contribution in [0.3, 0.4) is 0 Å². The van der Waals surface area contributed by atoms with Gasteiger partial charge in [-0.1, -0.05) is 20.8 Å². The van der Waals surface area contributed by atoms with E-state index in [0.29, 0.717) is 18.6 Å². The van der Waals surface area contributed by atoms with Crippen LogP contribution in [0.4, 0.5) is 0 Å². The lowest BCUT2D eigenvalue weighted by atomic mass is 9.44. The zero-order valence-electron chi connectivity index (χ0n) is 19.8. The standard InChI is InChI=1S/C24H36O7/c1-14(25)29-13-20(30-15(2)26)24(7)19(28)12-17-22(5)10-9-18(27)21(3,4)16(22)8-11-23(17,6)31-24/h16-17,20H,8-13H2,1-7H3/t16-,17-,20-,22-,23+,24-/m1/s1. The van der Waals surface area contributed by atoms with Gasteiger partial charge in [-0.25, -0.2) is 0 Å². The number of ether oxygens (including phenoxy) is 3. The average molecular weight is 437 g/mol. The molecule has 1 saturated heterocycles. The second kappa shape index (κ2) is 7.68. The molecule has 6 atom stereocenters. The number of hydrogen-bond donors (Lipinski definition) is 0. The minimum absolute atomic E-state index is 0.0431. The van der Waals surface area contributed by atoms with Gasteiger partial charge in [0.05, 0.1) is 5.60 Å². The zero-order chi connectivity index (χ0) is 23.4. The first-order valence-electron chi connectivity index (χ1n) is 11.2. The number of esters is 2. The Labute approximate surface area is 184 Å². The summed E-state index contributed by atoms with van der Waals surface area (Å²) in [6.45, 7) is 12.2. The molecule has 0 aromatic rings. The van der Waals surface area contributed by atoms with Crippen LogP contribution in [-0.4, -0.2) is 47.4 Å². The van der Waals surface area contributed by atoms with Crippen molar-refractivity contribution in [2.75, 3.05) is 6.61 Å². The summed E-state index contributed by atoms with van der Waals surface area (Å²) in [5.74, 6) is -0.808. The Morgan fingerprint density at radius 3 is 2.23 bits per heavy atom. The van der Waals surface area contributed by atoms with E-state index in [1.165, 1.54) is 13.8 Å². The molecule has 174 valence electrons. The van der Waals surface area contributed by atoms with Crippen LogP contribution >= 0.6 is 0 Å². The third-order valence-electron chi connectivity index (χ3n) is 8.49. The van der Waals surface area contributed by atoms with Gasteiger partial charge in [-0.3, -0.25) is 19.2 Å². The highest BCUT2D eigenvalue weighted by Gasteiger charge is 2.66. The molecule has 1 heterocycles. The Morgan fingerprint density at radius 2 is 1.65 bits per heavy atom. The van der Waals surface area contributed by atoms with Gasteiger partial charge in [-0.05, 0) is 44.4 Å². The molecule has 0 spiro atoms. The lowest BCUT2D eigenvalue weighted by Crippen LogP contribution is -2.69. The number of Topliss-reactive ketones (excluding diaryl/α,β-unsaturated/α-hetero) is 2. The van der Waals surface area contributed by atoms with Crippen LogP contribution in [0.15, 0.2) is 0 Å². The van der Waals surface area contributed by atoms with Crippen LogP contribution in [-0.2, 0) is 33.4 Å². The molecule has 2 aliphatic carbocycles. The maximum absolute atomic E-state index is 13.5. The number of ketones is 2. The number of carbonyl (C=O) groups excluding carboxylic acids is 4. The van der Waals surface area contributed by atoms with Crippen LogP contribution in [0.2, 0.25) is 0 Å². The van der Waals surface area contributed by atoms with Crippen molar-refractivity contribution < 1.29 is 33.4 Å². The molecular formula is C24H36O7. The smallest absolute Gasteiger partial charge is 0.303 e. The van der Waals surface area contributed by atoms with Gasteiger partial charge < -0.3 is 14.2 Å². The van der Waals surface area contributed by atoms with Gasteiger partial charge in [0, 0.05) is 38.0 Å². The third-order valence-corrected chi connectivity index (χ3v) is 8.49. The first-order chi connectivity index (χ1) is 14.2. The van der Waals surface area contributed by atoms with Crippen molar-refractivity contribution in [2.45, 2.75) is 97.9 Å². The minimum Gasteiger partial charge on any atom is -0.462 e. The summed E-state index contributed by atoms with van der Waals surface area (Å²) >= 11 is 0. The monoisotopic (exact) mass is 436 g/mol. The van der Waals surface area contributed by atoms with Crippen molar-refractivity contribution in [3.8, 4) is 0 Å². The summed E-state index contributed by atoms with van der Waals surface area (Å²) in [5.41, 5.74) is -2.64. The van der Waals surface area contributed by atoms with E-state index in [-0.39, 0.29) is 36.1 Å². The normalized spacial score (nSPS) is 40.4. The number of fused-ring (bicyclic) bond motifs is 3. The molecule has 3 aliphatic rings. The molecule has 0 radical (unpaired) electrons. The first kappa shape index (κ1) is 23.9. The molecule has 7 nitrogen and oxygen atoms in total. The van der Waals surface area contributed by atoms with E-state index in [4.69, 9.17) is 14.2 Å². The number of hydrogen-bond acceptors (Lipinski definition) is 7. The Morgan fingerprint density at radius 1 is 1.00 bits per heavy atom. The average Bonchev–Trinajstić information content (AvgIpc) is 2.63. The van der Waals surface area contributed by atoms with E-state index in [1.807, 2.05) is 20.8 Å². The van der Waals surface area contributed by atoms with E-state index >= 15 is 0 Å². The van der Waals surface area contributed by atoms with Gasteiger partial charge in [0.15, 0.2) is 17.5 Å². The molecule has 0 N–H and O–H groups in total. The minimum atomic E-state index is -1.41. The van der Waals surface area contributed by atoms with Crippen molar-refractivity contribution in [1.82, 2.24) is 0 Å². The van der Waals surface area contributed by atoms with Crippen LogP contribution < -0.4 is 0 Å². The molecule has 31 heavy (non-hydrogen) atoms. The van der Waals surface area contributed by atoms with E-state index in [2.05, 4.69) is 6.92 Å². The summed E-state index contributed by atoms with van der Waals surface area (Å²) in [5, 5.41) is 0. The summed E-state index contributed by atoms with van der Waals surface area (Å²) in [4.78, 5) is 49.2. The molecule has 2 saturated carbocycles. The van der Waals surface area contributed by atoms with E-state index in [0.717, 1.165) is 12.8 Å². The fourth-order valence-electron chi connectivity index (χ4n) is 6.75. The summed E-state index contributed by atoms with van der Waals surface area (Å²) in [6, 6.07) is 0. The number of rotatable bonds is 4. The maximum atomic E-state index is 13.5. The predicted molar refractivity (Wildman–Crippen MR) is 112 cm³/mol. The molecule has 7 heteroatoms. The molecule has 0 amide bonds. The topological polar surface area (TPSA) is 96.0 Å². The predicted octanol–water partition coefficient (Wildman–Crippen LogP) is 3.41. The second-order valence-electron chi connectivity index (χ2n) is 10.8. The Kier molecular flexibility index (Phi) is 5.92. The summed E-state index contributed by atoms with van der Waals surface area (Å²) < 4.78 is 17.1. The van der Waals surface area contributed by atoms with Gasteiger partial charge in [-0.2, -0.15) is 0 Å². The largest absolute Gasteiger partial charge is 0.462 e. The molecule has 0 unspecified atom stereocenters. The van der Waals surface area contributed by atoms with E-state index in [1.54, 1.807) is 6.92 Å². The van der Waals surface area contributed by atoms with Gasteiger partial charge in [0.25, 0.3) is 0 Å². The molecule has 3 rings (SSSR count). The molecule has 3 fully saturated rings. The van der Waals surface area contributed by atoms with Crippen LogP contribution in [0.25, 0.3) is 0 Å². The number of carbonyl (C=O) groups is 4. The highest BCUT2D eigenvalue weighted by Crippen LogP contribution is 2.64. The van der Waals surface area contributed by atoms with Gasteiger partial charge in [-0.15, -0.1) is 0 Å². The SMILES string of the molecule is CC(=O)OC[C@@H](OC(C)=O)[C@]1(C)O[C@@]2(C)CC[C@@H]3C(C)(C)C(=O)CC[C@@]3(C)[C@H]2CC1=O. The molecule has 0 aromatic carbocycles. The molecular weight excluding hydrogens is 400 g/mol. The van der Waals surface area contributed by atoms with Crippen LogP contribution in [0.5, 0.6) is 0 Å². The van der Waals surface area contributed by atoms with E-state index < -0.39 is 34.7 Å². The Hall–Kier alpha value is -1.76. The maximum Gasteiger partial charge on any atom is 0.303 e. The molecule has 0 bridgehead atoms. The molecule has 1 aliphatic heterocycles. The van der Waals surface area contributed by atoms with Gasteiger partial charge in [0.1, 0.15) is 12.4 Å². The van der Waals surface area contributed by atoms with Gasteiger partial charge in [0.2, 0.25) is 0 Å². The quantitative estimate of drug-likeness (QED) is 0.623. The second-order valence-corrected chi connectivity index (χ2v) is 10.8. The Balaban J connectivity index is 1.94. The fourth-order valence-corrected chi connectivity index (χ4v) is 6.75. The van der Waals surface area contributed by atoms with Crippen molar-refractivity contribution >= 4 is 23.5 Å².